The Labute approximate surface area is 197 Å². The minimum atomic E-state index is -4.95. The van der Waals surface area contributed by atoms with Crippen LogP contribution in [0.25, 0.3) is 16.2 Å². The Balaban J connectivity index is 1.86. The highest BCUT2D eigenvalue weighted by Gasteiger charge is 2.46. The predicted molar refractivity (Wildman–Crippen MR) is 119 cm³/mol. The molecule has 0 unspecified atom stereocenters. The third-order valence-electron chi connectivity index (χ3n) is 5.49. The van der Waals surface area contributed by atoms with Gasteiger partial charge < -0.3 is 5.11 Å². The minimum absolute atomic E-state index is 0.142. The third kappa shape index (κ3) is 4.23. The fraction of sp³-hybridized carbons (Fsp3) is 0.474. The number of benzene rings is 1. The van der Waals surface area contributed by atoms with E-state index in [0.29, 0.717) is 27.4 Å². The second-order valence-electron chi connectivity index (χ2n) is 8.66. The molecule has 34 heavy (non-hydrogen) atoms. The van der Waals surface area contributed by atoms with Gasteiger partial charge in [0.15, 0.2) is 9.84 Å². The number of sulfonamides is 1. The second-order valence-corrected chi connectivity index (χ2v) is 13.8. The molecular weight excluding hydrogens is 517 g/mol. The summed E-state index contributed by atoms with van der Waals surface area (Å²) in [6, 6.07) is 2.77. The van der Waals surface area contributed by atoms with Crippen LogP contribution in [0.4, 0.5) is 13.2 Å². The summed E-state index contributed by atoms with van der Waals surface area (Å²) in [5.41, 5.74) is -1.76. The SMILES string of the molecule is Cc1nc2sc(C(C)(C)O)nn2c1-c1ccc(C(F)(F)F)c(S(=O)(=O)C2CN(S(C)(=O)=O)C2)c1. The number of alkyl halides is 3. The van der Waals surface area contributed by atoms with Crippen molar-refractivity contribution in [1.82, 2.24) is 18.9 Å². The largest absolute Gasteiger partial charge is 0.417 e. The van der Waals surface area contributed by atoms with Gasteiger partial charge in [-0.1, -0.05) is 17.4 Å². The number of rotatable bonds is 5. The number of hydrogen-bond donors (Lipinski definition) is 1. The van der Waals surface area contributed by atoms with Crippen molar-refractivity contribution in [3.8, 4) is 11.3 Å². The molecule has 3 aromatic rings. The standard InChI is InChI=1S/C19H21F3N4O5S3/c1-10-15(26-17(23-10)32-16(24-26)18(2,3)27)11-5-6-13(19(20,21)22)14(7-11)34(30,31)12-8-25(9-12)33(4,28)29/h5-7,12,27H,8-9H2,1-4H3. The molecule has 1 aromatic carbocycles. The number of halogens is 3. The van der Waals surface area contributed by atoms with Gasteiger partial charge >= 0.3 is 6.18 Å². The Bertz CT molecular complexity index is 1500. The Morgan fingerprint density at radius 3 is 2.29 bits per heavy atom. The first-order valence-electron chi connectivity index (χ1n) is 9.90. The van der Waals surface area contributed by atoms with Gasteiger partial charge in [0.1, 0.15) is 10.6 Å². The molecule has 0 radical (unpaired) electrons. The Hall–Kier alpha value is -2.07. The van der Waals surface area contributed by atoms with Crippen molar-refractivity contribution in [3.05, 3.63) is 34.5 Å². The zero-order chi connectivity index (χ0) is 25.4. The fourth-order valence-electron chi connectivity index (χ4n) is 3.61. The minimum Gasteiger partial charge on any atom is -0.383 e. The Kier molecular flexibility index (Phi) is 5.68. The van der Waals surface area contributed by atoms with Crippen molar-refractivity contribution >= 4 is 36.2 Å². The van der Waals surface area contributed by atoms with Crippen LogP contribution in [0.1, 0.15) is 30.1 Å². The van der Waals surface area contributed by atoms with Crippen molar-refractivity contribution < 1.29 is 35.1 Å². The number of imidazole rings is 1. The van der Waals surface area contributed by atoms with Gasteiger partial charge in [0.2, 0.25) is 15.0 Å². The first-order chi connectivity index (χ1) is 15.4. The van der Waals surface area contributed by atoms with Crippen LogP contribution >= 0.6 is 11.3 Å². The van der Waals surface area contributed by atoms with Crippen LogP contribution in [0, 0.1) is 6.92 Å². The van der Waals surface area contributed by atoms with Crippen LogP contribution in [0.5, 0.6) is 0 Å². The molecule has 0 aliphatic carbocycles. The van der Waals surface area contributed by atoms with Gasteiger partial charge in [-0.25, -0.2) is 26.3 Å². The maximum Gasteiger partial charge on any atom is 0.417 e. The summed E-state index contributed by atoms with van der Waals surface area (Å²) in [6.45, 7) is 3.83. The van der Waals surface area contributed by atoms with Crippen molar-refractivity contribution in [2.24, 2.45) is 0 Å². The summed E-state index contributed by atoms with van der Waals surface area (Å²) in [5.74, 6) is 0. The molecule has 0 atom stereocenters. The molecule has 0 spiro atoms. The lowest BCUT2D eigenvalue weighted by Crippen LogP contribution is -2.56. The summed E-state index contributed by atoms with van der Waals surface area (Å²) in [7, 11) is -8.18. The molecule has 2 aromatic heterocycles. The molecule has 1 aliphatic rings. The van der Waals surface area contributed by atoms with Gasteiger partial charge in [-0.2, -0.15) is 22.6 Å². The van der Waals surface area contributed by atoms with E-state index in [0.717, 1.165) is 34.0 Å². The number of aryl methyl sites for hydroxylation is 1. The average molecular weight is 539 g/mol. The zero-order valence-corrected chi connectivity index (χ0v) is 20.9. The third-order valence-corrected chi connectivity index (χ3v) is 10.1. The van der Waals surface area contributed by atoms with Crippen LogP contribution in [0.2, 0.25) is 0 Å². The number of sulfone groups is 1. The van der Waals surface area contributed by atoms with Crippen LogP contribution in [0.15, 0.2) is 23.1 Å². The molecule has 15 heteroatoms. The average Bonchev–Trinajstić information content (AvgIpc) is 3.14. The topological polar surface area (TPSA) is 122 Å². The lowest BCUT2D eigenvalue weighted by atomic mass is 10.1. The van der Waals surface area contributed by atoms with Crippen molar-refractivity contribution in [3.63, 3.8) is 0 Å². The highest BCUT2D eigenvalue weighted by Crippen LogP contribution is 2.40. The zero-order valence-electron chi connectivity index (χ0n) is 18.5. The monoisotopic (exact) mass is 538 g/mol. The van der Waals surface area contributed by atoms with E-state index in [1.54, 1.807) is 6.92 Å². The maximum atomic E-state index is 13.7. The lowest BCUT2D eigenvalue weighted by molar-refractivity contribution is -0.139. The van der Waals surface area contributed by atoms with E-state index in [9.17, 15) is 35.1 Å². The second kappa shape index (κ2) is 7.71. The molecule has 0 bridgehead atoms. The number of fused-ring (bicyclic) bond motifs is 1. The van der Waals surface area contributed by atoms with Crippen molar-refractivity contribution in [2.45, 2.75) is 42.7 Å². The number of aromatic nitrogens is 3. The highest BCUT2D eigenvalue weighted by atomic mass is 32.2. The number of nitrogens with zero attached hydrogens (tertiary/aromatic N) is 4. The van der Waals surface area contributed by atoms with E-state index in [1.165, 1.54) is 18.4 Å². The fourth-order valence-corrected chi connectivity index (χ4v) is 7.54. The van der Waals surface area contributed by atoms with Gasteiger partial charge in [-0.15, -0.1) is 0 Å². The highest BCUT2D eigenvalue weighted by molar-refractivity contribution is 7.92. The smallest absolute Gasteiger partial charge is 0.383 e. The molecule has 1 N–H and O–H groups in total. The van der Waals surface area contributed by atoms with Gasteiger partial charge in [0.25, 0.3) is 0 Å². The molecule has 0 saturated carbocycles. The van der Waals surface area contributed by atoms with E-state index in [-0.39, 0.29) is 5.56 Å². The molecule has 186 valence electrons. The van der Waals surface area contributed by atoms with E-state index in [2.05, 4.69) is 10.1 Å². The summed E-state index contributed by atoms with van der Waals surface area (Å²) in [5, 5.41) is 13.6. The normalized spacial score (nSPS) is 16.8. The Morgan fingerprint density at radius 1 is 1.15 bits per heavy atom. The number of hydrogen-bond acceptors (Lipinski definition) is 8. The predicted octanol–water partition coefficient (Wildman–Crippen LogP) is 2.43. The van der Waals surface area contributed by atoms with E-state index in [1.807, 2.05) is 0 Å². The lowest BCUT2D eigenvalue weighted by Gasteiger charge is -2.36. The van der Waals surface area contributed by atoms with E-state index in [4.69, 9.17) is 0 Å². The Morgan fingerprint density at radius 2 is 1.76 bits per heavy atom. The number of aliphatic hydroxyl groups is 1. The van der Waals surface area contributed by atoms with Gasteiger partial charge in [0.05, 0.1) is 33.4 Å². The summed E-state index contributed by atoms with van der Waals surface area (Å²) >= 11 is 1.10. The molecule has 1 saturated heterocycles. The maximum absolute atomic E-state index is 13.7. The van der Waals surface area contributed by atoms with Crippen LogP contribution < -0.4 is 0 Å². The molecule has 4 rings (SSSR count). The van der Waals surface area contributed by atoms with Crippen molar-refractivity contribution in [2.75, 3.05) is 19.3 Å². The summed E-state index contributed by atoms with van der Waals surface area (Å²) in [4.78, 5) is 3.81. The van der Waals surface area contributed by atoms with Gasteiger partial charge in [-0.3, -0.25) is 0 Å². The quantitative estimate of drug-likeness (QED) is 0.530. The van der Waals surface area contributed by atoms with Gasteiger partial charge in [-0.05, 0) is 32.9 Å². The molecular formula is C19H21F3N4O5S3. The first kappa shape index (κ1) is 25.0. The van der Waals surface area contributed by atoms with E-state index >= 15 is 0 Å². The van der Waals surface area contributed by atoms with Crippen LogP contribution in [0.3, 0.4) is 0 Å². The van der Waals surface area contributed by atoms with Crippen LogP contribution in [-0.2, 0) is 31.6 Å². The molecule has 9 nitrogen and oxygen atoms in total. The van der Waals surface area contributed by atoms with Gasteiger partial charge in [0, 0.05) is 18.7 Å². The summed E-state index contributed by atoms with van der Waals surface area (Å²) < 4.78 is 93.0. The van der Waals surface area contributed by atoms with E-state index < -0.39 is 60.4 Å². The molecule has 0 amide bonds. The molecule has 1 fully saturated rings. The summed E-state index contributed by atoms with van der Waals surface area (Å²) in [6.07, 6.45) is -4.04. The van der Waals surface area contributed by atoms with Crippen LogP contribution in [-0.4, -0.2) is 65.4 Å². The molecule has 3 heterocycles. The molecule has 1 aliphatic heterocycles. The first-order valence-corrected chi connectivity index (χ1v) is 14.1. The van der Waals surface area contributed by atoms with Crippen molar-refractivity contribution in [1.29, 1.82) is 0 Å².